The zero-order valence-electron chi connectivity index (χ0n) is 16.0. The molecule has 0 atom stereocenters. The highest BCUT2D eigenvalue weighted by Gasteiger charge is 2.11. The van der Waals surface area contributed by atoms with Crippen LogP contribution in [0.3, 0.4) is 0 Å². The highest BCUT2D eigenvalue weighted by atomic mass is 35.5. The van der Waals surface area contributed by atoms with Crippen molar-refractivity contribution < 1.29 is 13.9 Å². The van der Waals surface area contributed by atoms with Gasteiger partial charge < -0.3 is 13.7 Å². The Balaban J connectivity index is 1.37. The average Bonchev–Trinajstić information content (AvgIpc) is 3.44. The standard InChI is InChI=1S/C23H15Cl3N2O3/c24-16-11-20(25)23(21(26)12-16)30-13-19-6-5-18(31-19)7-8-22(29)15-1-3-17(4-2-15)28-10-9-27-14-28/h1-12,14H,13H2/b8-7+. The molecular formula is C23H15Cl3N2O3. The number of ketones is 1. The van der Waals surface area contributed by atoms with Gasteiger partial charge in [0.05, 0.1) is 16.4 Å². The lowest BCUT2D eigenvalue weighted by Crippen LogP contribution is -1.96. The first-order chi connectivity index (χ1) is 15.0. The van der Waals surface area contributed by atoms with Crippen molar-refractivity contribution in [1.29, 1.82) is 0 Å². The maximum Gasteiger partial charge on any atom is 0.185 e. The molecule has 8 heteroatoms. The van der Waals surface area contributed by atoms with Gasteiger partial charge in [-0.2, -0.15) is 0 Å². The van der Waals surface area contributed by atoms with Crippen LogP contribution in [0.5, 0.6) is 5.75 Å². The van der Waals surface area contributed by atoms with E-state index >= 15 is 0 Å². The van der Waals surface area contributed by atoms with Gasteiger partial charge in [-0.3, -0.25) is 4.79 Å². The molecule has 0 saturated carbocycles. The van der Waals surface area contributed by atoms with E-state index in [1.54, 1.807) is 55.0 Å². The largest absolute Gasteiger partial charge is 0.483 e. The van der Waals surface area contributed by atoms with Gasteiger partial charge in [0, 0.05) is 28.7 Å². The molecule has 0 aliphatic rings. The molecule has 0 saturated heterocycles. The van der Waals surface area contributed by atoms with Gasteiger partial charge >= 0.3 is 0 Å². The van der Waals surface area contributed by atoms with Crippen LogP contribution >= 0.6 is 34.8 Å². The Kier molecular flexibility index (Phi) is 6.47. The number of furan rings is 1. The van der Waals surface area contributed by atoms with Crippen molar-refractivity contribution >= 4 is 46.7 Å². The molecule has 2 aromatic carbocycles. The molecule has 0 radical (unpaired) electrons. The van der Waals surface area contributed by atoms with E-state index in [0.29, 0.717) is 37.9 Å². The van der Waals surface area contributed by atoms with Crippen molar-refractivity contribution in [3.63, 3.8) is 0 Å². The van der Waals surface area contributed by atoms with Gasteiger partial charge in [-0.25, -0.2) is 4.98 Å². The minimum atomic E-state index is -0.133. The number of hydrogen-bond acceptors (Lipinski definition) is 4. The van der Waals surface area contributed by atoms with Crippen molar-refractivity contribution in [1.82, 2.24) is 9.55 Å². The van der Waals surface area contributed by atoms with Crippen LogP contribution in [0.4, 0.5) is 0 Å². The first-order valence-corrected chi connectivity index (χ1v) is 10.3. The Hall–Kier alpha value is -2.99. The first-order valence-electron chi connectivity index (χ1n) is 9.16. The summed E-state index contributed by atoms with van der Waals surface area (Å²) in [5.41, 5.74) is 1.50. The molecule has 2 heterocycles. The Bertz CT molecular complexity index is 1210. The van der Waals surface area contributed by atoms with Crippen LogP contribution in [0, 0.1) is 0 Å². The highest BCUT2D eigenvalue weighted by molar-refractivity contribution is 6.40. The van der Waals surface area contributed by atoms with Crippen molar-refractivity contribution in [2.24, 2.45) is 0 Å². The first kappa shape index (κ1) is 21.2. The minimum Gasteiger partial charge on any atom is -0.483 e. The lowest BCUT2D eigenvalue weighted by atomic mass is 10.1. The van der Waals surface area contributed by atoms with Crippen LogP contribution in [-0.2, 0) is 6.61 Å². The summed E-state index contributed by atoms with van der Waals surface area (Å²) in [5.74, 6) is 1.27. The summed E-state index contributed by atoms with van der Waals surface area (Å²) in [6.07, 6.45) is 8.30. The number of hydrogen-bond donors (Lipinski definition) is 0. The molecule has 0 amide bonds. The van der Waals surface area contributed by atoms with Gasteiger partial charge in [-0.1, -0.05) is 34.8 Å². The Morgan fingerprint density at radius 2 is 1.81 bits per heavy atom. The maximum absolute atomic E-state index is 12.4. The SMILES string of the molecule is O=C(/C=C/c1ccc(COc2c(Cl)cc(Cl)cc2Cl)o1)c1ccc(-n2ccnc2)cc1. The number of allylic oxidation sites excluding steroid dienone is 1. The van der Waals surface area contributed by atoms with Gasteiger partial charge in [0.25, 0.3) is 0 Å². The Morgan fingerprint density at radius 3 is 2.48 bits per heavy atom. The number of ether oxygens (including phenoxy) is 1. The maximum atomic E-state index is 12.4. The number of carbonyl (C=O) groups excluding carboxylic acids is 1. The predicted molar refractivity (Wildman–Crippen MR) is 121 cm³/mol. The molecule has 0 N–H and O–H groups in total. The van der Waals surface area contributed by atoms with Gasteiger partial charge in [0.2, 0.25) is 0 Å². The van der Waals surface area contributed by atoms with Gasteiger partial charge in [0.1, 0.15) is 18.1 Å². The normalized spacial score (nSPS) is 11.2. The van der Waals surface area contributed by atoms with Gasteiger partial charge in [-0.05, 0) is 60.7 Å². The molecule has 0 bridgehead atoms. The van der Waals surface area contributed by atoms with Crippen molar-refractivity contribution in [3.05, 3.63) is 105 Å². The second kappa shape index (κ2) is 9.43. The third-order valence-corrected chi connectivity index (χ3v) is 5.14. The van der Waals surface area contributed by atoms with Crippen molar-refractivity contribution in [2.45, 2.75) is 6.61 Å². The summed E-state index contributed by atoms with van der Waals surface area (Å²) in [4.78, 5) is 16.4. The van der Waals surface area contributed by atoms with E-state index in [4.69, 9.17) is 44.0 Å². The van der Waals surface area contributed by atoms with Crippen molar-refractivity contribution in [3.8, 4) is 11.4 Å². The zero-order chi connectivity index (χ0) is 21.8. The third-order valence-electron chi connectivity index (χ3n) is 4.36. The molecule has 4 aromatic rings. The van der Waals surface area contributed by atoms with E-state index in [1.165, 1.54) is 6.08 Å². The van der Waals surface area contributed by atoms with E-state index in [-0.39, 0.29) is 12.4 Å². The number of nitrogens with zero attached hydrogens (tertiary/aromatic N) is 2. The predicted octanol–water partition coefficient (Wildman–Crippen LogP) is 6.90. The van der Waals surface area contributed by atoms with Crippen LogP contribution in [0.1, 0.15) is 21.9 Å². The molecule has 0 unspecified atom stereocenters. The Labute approximate surface area is 193 Å². The fourth-order valence-corrected chi connectivity index (χ4v) is 3.76. The van der Waals surface area contributed by atoms with Crippen LogP contribution in [0.25, 0.3) is 11.8 Å². The van der Waals surface area contributed by atoms with E-state index in [9.17, 15) is 4.79 Å². The molecule has 0 aliphatic carbocycles. The number of rotatable bonds is 7. The molecular weight excluding hydrogens is 459 g/mol. The minimum absolute atomic E-state index is 0.124. The number of carbonyl (C=O) groups is 1. The molecule has 0 fully saturated rings. The van der Waals surface area contributed by atoms with Crippen LogP contribution in [0.2, 0.25) is 15.1 Å². The third kappa shape index (κ3) is 5.20. The number of aromatic nitrogens is 2. The fourth-order valence-electron chi connectivity index (χ4n) is 2.84. The zero-order valence-corrected chi connectivity index (χ0v) is 18.2. The summed E-state index contributed by atoms with van der Waals surface area (Å²) in [7, 11) is 0. The smallest absolute Gasteiger partial charge is 0.185 e. The number of imidazole rings is 1. The van der Waals surface area contributed by atoms with Gasteiger partial charge in [-0.15, -0.1) is 0 Å². The summed E-state index contributed by atoms with van der Waals surface area (Å²) in [6, 6.07) is 13.8. The fraction of sp³-hybridized carbons (Fsp3) is 0.0435. The average molecular weight is 474 g/mol. The molecule has 0 spiro atoms. The lowest BCUT2D eigenvalue weighted by Gasteiger charge is -2.08. The summed E-state index contributed by atoms with van der Waals surface area (Å²) in [5, 5.41) is 1.05. The molecule has 156 valence electrons. The molecule has 0 aliphatic heterocycles. The van der Waals surface area contributed by atoms with E-state index < -0.39 is 0 Å². The Morgan fingerprint density at radius 1 is 1.06 bits per heavy atom. The molecule has 4 rings (SSSR count). The van der Waals surface area contributed by atoms with Gasteiger partial charge in [0.15, 0.2) is 11.5 Å². The highest BCUT2D eigenvalue weighted by Crippen LogP contribution is 2.36. The molecule has 2 aromatic heterocycles. The number of benzene rings is 2. The second-order valence-corrected chi connectivity index (χ2v) is 7.76. The van der Waals surface area contributed by atoms with Crippen molar-refractivity contribution in [2.75, 3.05) is 0 Å². The lowest BCUT2D eigenvalue weighted by molar-refractivity contribution is 0.104. The summed E-state index contributed by atoms with van der Waals surface area (Å²) in [6.45, 7) is 0.124. The quantitative estimate of drug-likeness (QED) is 0.216. The topological polar surface area (TPSA) is 57.3 Å². The number of halogens is 3. The molecule has 5 nitrogen and oxygen atoms in total. The van der Waals surface area contributed by atoms with E-state index in [1.807, 2.05) is 22.9 Å². The second-order valence-electron chi connectivity index (χ2n) is 6.51. The monoisotopic (exact) mass is 472 g/mol. The summed E-state index contributed by atoms with van der Waals surface area (Å²) >= 11 is 18.1. The van der Waals surface area contributed by atoms with Crippen LogP contribution < -0.4 is 4.74 Å². The summed E-state index contributed by atoms with van der Waals surface area (Å²) < 4.78 is 13.2. The van der Waals surface area contributed by atoms with Crippen LogP contribution in [0.15, 0.2) is 77.7 Å². The molecule has 31 heavy (non-hydrogen) atoms. The van der Waals surface area contributed by atoms with E-state index in [2.05, 4.69) is 4.98 Å². The van der Waals surface area contributed by atoms with Crippen LogP contribution in [-0.4, -0.2) is 15.3 Å². The van der Waals surface area contributed by atoms with E-state index in [0.717, 1.165) is 5.69 Å².